The molecule has 1 N–H and O–H groups in total. The first-order valence-electron chi connectivity index (χ1n) is 13.5. The third kappa shape index (κ3) is 5.65. The van der Waals surface area contributed by atoms with Gasteiger partial charge < -0.3 is 19.7 Å². The minimum absolute atomic E-state index is 0.00923. The number of piperidine rings is 1. The maximum atomic E-state index is 12.7. The molecule has 0 bridgehead atoms. The molecule has 0 atom stereocenters. The van der Waals surface area contributed by atoms with Gasteiger partial charge in [-0.15, -0.1) is 0 Å². The van der Waals surface area contributed by atoms with Crippen LogP contribution in [-0.4, -0.2) is 58.2 Å². The van der Waals surface area contributed by atoms with Crippen molar-refractivity contribution in [2.45, 2.75) is 25.5 Å². The molecule has 6 rings (SSSR count). The van der Waals surface area contributed by atoms with Crippen LogP contribution in [0, 0.1) is 0 Å². The highest BCUT2D eigenvalue weighted by atomic mass is 16.6. The molecule has 0 saturated carbocycles. The Morgan fingerprint density at radius 1 is 0.927 bits per heavy atom. The number of methoxy groups -OCH3 is 1. The number of pyridine rings is 3. The quantitative estimate of drug-likeness (QED) is 0.264. The van der Waals surface area contributed by atoms with Gasteiger partial charge in [-0.3, -0.25) is 9.97 Å². The van der Waals surface area contributed by atoms with E-state index in [1.807, 2.05) is 72.8 Å². The van der Waals surface area contributed by atoms with E-state index >= 15 is 0 Å². The number of fused-ring (bicyclic) bond motifs is 2. The Morgan fingerprint density at radius 2 is 1.68 bits per heavy atom. The van der Waals surface area contributed by atoms with Gasteiger partial charge in [-0.1, -0.05) is 48.5 Å². The van der Waals surface area contributed by atoms with E-state index in [1.54, 1.807) is 11.1 Å². The Kier molecular flexibility index (Phi) is 7.40. The molecule has 1 saturated heterocycles. The van der Waals surface area contributed by atoms with Crippen LogP contribution in [0.4, 0.5) is 10.5 Å². The third-order valence-electron chi connectivity index (χ3n) is 7.31. The Labute approximate surface area is 237 Å². The van der Waals surface area contributed by atoms with Crippen molar-refractivity contribution in [3.8, 4) is 11.3 Å². The lowest BCUT2D eigenvalue weighted by Crippen LogP contribution is -2.42. The molecule has 1 aliphatic heterocycles. The largest absolute Gasteiger partial charge is 0.465 e. The predicted octanol–water partition coefficient (Wildman–Crippen LogP) is 5.84. The number of nitrogens with one attached hydrogen (secondary N) is 1. The second-order valence-corrected chi connectivity index (χ2v) is 9.97. The van der Waals surface area contributed by atoms with Gasteiger partial charge >= 0.3 is 12.1 Å². The Balaban J connectivity index is 1.23. The van der Waals surface area contributed by atoms with Crippen LogP contribution in [0.5, 0.6) is 0 Å². The first-order valence-corrected chi connectivity index (χ1v) is 13.5. The van der Waals surface area contributed by atoms with Crippen molar-refractivity contribution in [3.63, 3.8) is 0 Å². The lowest BCUT2D eigenvalue weighted by atomic mass is 10.0. The topological polar surface area (TPSA) is 107 Å². The fourth-order valence-electron chi connectivity index (χ4n) is 5.07. The molecule has 1 amide bonds. The molecule has 9 nitrogen and oxygen atoms in total. The summed E-state index contributed by atoms with van der Waals surface area (Å²) in [5.41, 5.74) is 5.55. The fraction of sp³-hybridized carbons (Fsp3) is 0.219. The molecule has 5 aromatic rings. The summed E-state index contributed by atoms with van der Waals surface area (Å²) in [6.07, 6.45) is 4.35. The molecule has 0 unspecified atom stereocenters. The van der Waals surface area contributed by atoms with Crippen molar-refractivity contribution in [2.24, 2.45) is 0 Å². The number of rotatable bonds is 6. The highest BCUT2D eigenvalue weighted by Gasteiger charge is 2.26. The summed E-state index contributed by atoms with van der Waals surface area (Å²) in [5, 5.41) is 4.55. The highest BCUT2D eigenvalue weighted by Crippen LogP contribution is 2.31. The SMILES string of the molecule is COC(=O)c1cnc2ccc(-c3cnc4ccccc4c3)nc2c1NC1CCN(C(=O)OCc2ccccc2)CC1. The predicted molar refractivity (Wildman–Crippen MR) is 156 cm³/mol. The molecule has 0 aliphatic carbocycles. The van der Waals surface area contributed by atoms with Crippen LogP contribution in [0.1, 0.15) is 28.8 Å². The number of aromatic nitrogens is 3. The molecule has 9 heteroatoms. The van der Waals surface area contributed by atoms with E-state index in [-0.39, 0.29) is 18.7 Å². The van der Waals surface area contributed by atoms with Gasteiger partial charge in [-0.2, -0.15) is 0 Å². The highest BCUT2D eigenvalue weighted by molar-refractivity contribution is 6.04. The monoisotopic (exact) mass is 547 g/mol. The fourth-order valence-corrected chi connectivity index (χ4v) is 5.07. The van der Waals surface area contributed by atoms with E-state index < -0.39 is 5.97 Å². The second-order valence-electron chi connectivity index (χ2n) is 9.97. The molecule has 0 radical (unpaired) electrons. The van der Waals surface area contributed by atoms with Gasteiger partial charge in [0.15, 0.2) is 0 Å². The van der Waals surface area contributed by atoms with Gasteiger partial charge in [-0.25, -0.2) is 14.6 Å². The number of para-hydroxylation sites is 1. The standard InChI is InChI=1S/C32H29N5O4/c1-40-31(38)25-19-34-28-12-11-27(23-17-22-9-5-6-10-26(22)33-18-23)36-30(28)29(25)35-24-13-15-37(16-14-24)32(39)41-20-21-7-3-2-4-8-21/h2-12,17-19,24H,13-16,20H2,1H3,(H,34,35). The number of carbonyl (C=O) groups is 2. The lowest BCUT2D eigenvalue weighted by molar-refractivity contribution is 0.0601. The Hall–Kier alpha value is -5.05. The minimum Gasteiger partial charge on any atom is -0.465 e. The minimum atomic E-state index is -0.497. The molecule has 206 valence electrons. The lowest BCUT2D eigenvalue weighted by Gasteiger charge is -2.32. The summed E-state index contributed by atoms with van der Waals surface area (Å²) >= 11 is 0. The zero-order chi connectivity index (χ0) is 28.2. The van der Waals surface area contributed by atoms with Crippen LogP contribution in [0.25, 0.3) is 33.2 Å². The van der Waals surface area contributed by atoms with Crippen molar-refractivity contribution in [2.75, 3.05) is 25.5 Å². The first kappa shape index (κ1) is 26.2. The van der Waals surface area contributed by atoms with E-state index in [2.05, 4.69) is 15.3 Å². The van der Waals surface area contributed by atoms with Crippen LogP contribution in [0.15, 0.2) is 85.2 Å². The van der Waals surface area contributed by atoms with Gasteiger partial charge in [0.05, 0.1) is 29.5 Å². The number of carbonyl (C=O) groups excluding carboxylic acids is 2. The molecule has 3 aromatic heterocycles. The number of anilines is 1. The van der Waals surface area contributed by atoms with E-state index in [0.717, 1.165) is 27.7 Å². The average molecular weight is 548 g/mol. The first-order chi connectivity index (χ1) is 20.1. The molecular formula is C32H29N5O4. The van der Waals surface area contributed by atoms with Crippen molar-refractivity contribution in [3.05, 3.63) is 96.3 Å². The number of hydrogen-bond donors (Lipinski definition) is 1. The summed E-state index contributed by atoms with van der Waals surface area (Å²) in [4.78, 5) is 41.1. The molecule has 2 aromatic carbocycles. The van der Waals surface area contributed by atoms with E-state index in [4.69, 9.17) is 14.5 Å². The molecule has 4 heterocycles. The van der Waals surface area contributed by atoms with Crippen molar-refractivity contribution in [1.29, 1.82) is 0 Å². The summed E-state index contributed by atoms with van der Waals surface area (Å²) in [6.45, 7) is 1.30. The summed E-state index contributed by atoms with van der Waals surface area (Å²) < 4.78 is 10.6. The number of amides is 1. The summed E-state index contributed by atoms with van der Waals surface area (Å²) in [5.74, 6) is -0.497. The van der Waals surface area contributed by atoms with Crippen molar-refractivity contribution in [1.82, 2.24) is 19.9 Å². The molecule has 1 aliphatic rings. The zero-order valence-electron chi connectivity index (χ0n) is 22.6. The Bertz CT molecular complexity index is 1720. The number of likely N-dealkylation sites (tertiary alicyclic amines) is 1. The molecule has 41 heavy (non-hydrogen) atoms. The van der Waals surface area contributed by atoms with Gasteiger partial charge in [-0.05, 0) is 42.7 Å². The number of benzene rings is 2. The molecule has 0 spiro atoms. The number of hydrogen-bond acceptors (Lipinski definition) is 8. The second kappa shape index (κ2) is 11.6. The van der Waals surface area contributed by atoms with Crippen LogP contribution >= 0.6 is 0 Å². The molecule has 1 fully saturated rings. The third-order valence-corrected chi connectivity index (χ3v) is 7.31. The Morgan fingerprint density at radius 3 is 2.49 bits per heavy atom. The van der Waals surface area contributed by atoms with Gasteiger partial charge in [0, 0.05) is 42.5 Å². The van der Waals surface area contributed by atoms with E-state index in [1.165, 1.54) is 13.3 Å². The van der Waals surface area contributed by atoms with Gasteiger partial charge in [0.1, 0.15) is 17.7 Å². The summed E-state index contributed by atoms with van der Waals surface area (Å²) in [6, 6.07) is 23.4. The van der Waals surface area contributed by atoms with Gasteiger partial charge in [0.25, 0.3) is 0 Å². The number of nitrogens with zero attached hydrogens (tertiary/aromatic N) is 4. The smallest absolute Gasteiger partial charge is 0.410 e. The maximum absolute atomic E-state index is 12.7. The van der Waals surface area contributed by atoms with Crippen molar-refractivity contribution < 1.29 is 19.1 Å². The van der Waals surface area contributed by atoms with Crippen LogP contribution in [0.2, 0.25) is 0 Å². The van der Waals surface area contributed by atoms with E-state index in [0.29, 0.717) is 48.2 Å². The van der Waals surface area contributed by atoms with Gasteiger partial charge in [0.2, 0.25) is 0 Å². The van der Waals surface area contributed by atoms with Crippen molar-refractivity contribution >= 4 is 39.7 Å². The van der Waals surface area contributed by atoms with Crippen LogP contribution in [0.3, 0.4) is 0 Å². The van der Waals surface area contributed by atoms with Crippen LogP contribution < -0.4 is 5.32 Å². The van der Waals surface area contributed by atoms with E-state index in [9.17, 15) is 9.59 Å². The molecular weight excluding hydrogens is 518 g/mol. The number of esters is 1. The average Bonchev–Trinajstić information content (AvgIpc) is 3.03. The zero-order valence-corrected chi connectivity index (χ0v) is 22.6. The van der Waals surface area contributed by atoms with Crippen LogP contribution in [-0.2, 0) is 16.1 Å². The number of ether oxygens (including phenoxy) is 2. The normalized spacial score (nSPS) is 13.7. The summed E-state index contributed by atoms with van der Waals surface area (Å²) in [7, 11) is 1.35. The maximum Gasteiger partial charge on any atom is 0.410 e.